The Morgan fingerprint density at radius 3 is 2.42 bits per heavy atom. The van der Waals surface area contributed by atoms with Crippen molar-refractivity contribution < 1.29 is 23.5 Å². The monoisotopic (exact) mass is 425 g/mol. The van der Waals surface area contributed by atoms with Crippen LogP contribution in [0.4, 0.5) is 9.18 Å². The maximum absolute atomic E-state index is 13.9. The van der Waals surface area contributed by atoms with Crippen LogP contribution < -0.4 is 20.7 Å². The van der Waals surface area contributed by atoms with E-state index in [0.717, 1.165) is 5.56 Å². The fraction of sp³-hybridized carbons (Fsp3) is 0.348. The first-order chi connectivity index (χ1) is 15.0. The highest BCUT2D eigenvalue weighted by atomic mass is 19.1. The second-order valence-corrected chi connectivity index (χ2v) is 7.98. The van der Waals surface area contributed by atoms with E-state index >= 15 is 0 Å². The van der Waals surface area contributed by atoms with Crippen LogP contribution in [0.5, 0.6) is 5.75 Å². The molecule has 7 nitrogen and oxygen atoms in total. The van der Waals surface area contributed by atoms with E-state index in [0.29, 0.717) is 25.7 Å². The second-order valence-electron chi connectivity index (χ2n) is 7.98. The molecule has 1 heterocycles. The number of para-hydroxylation sites is 1. The molecular formula is C23H24FN3O4. The smallest absolute Gasteiger partial charge is 0.322 e. The van der Waals surface area contributed by atoms with Crippen molar-refractivity contribution in [3.05, 3.63) is 66.0 Å². The summed E-state index contributed by atoms with van der Waals surface area (Å²) in [5.74, 6) is -1.09. The van der Waals surface area contributed by atoms with Crippen molar-refractivity contribution in [3.8, 4) is 5.75 Å². The Balaban J connectivity index is 1.41. The highest BCUT2D eigenvalue weighted by Gasteiger charge is 2.49. The molecule has 2 aliphatic rings. The summed E-state index contributed by atoms with van der Waals surface area (Å²) in [5.41, 5.74) is -0.0532. The molecule has 1 unspecified atom stereocenters. The van der Waals surface area contributed by atoms with Gasteiger partial charge in [0.15, 0.2) is 11.6 Å². The van der Waals surface area contributed by atoms with E-state index in [4.69, 9.17) is 4.74 Å². The number of urea groups is 1. The lowest BCUT2D eigenvalue weighted by molar-refractivity contribution is -0.131. The first kappa shape index (κ1) is 20.8. The average Bonchev–Trinajstić information content (AvgIpc) is 3.05. The van der Waals surface area contributed by atoms with Crippen LogP contribution >= 0.6 is 0 Å². The van der Waals surface area contributed by atoms with Crippen LogP contribution in [-0.2, 0) is 9.59 Å². The molecule has 2 fully saturated rings. The van der Waals surface area contributed by atoms with Crippen LogP contribution in [0.15, 0.2) is 54.6 Å². The molecule has 3 N–H and O–H groups in total. The Labute approximate surface area is 179 Å². The van der Waals surface area contributed by atoms with Gasteiger partial charge in [-0.15, -0.1) is 0 Å². The van der Waals surface area contributed by atoms with E-state index in [1.807, 2.05) is 30.3 Å². The lowest BCUT2D eigenvalue weighted by Crippen LogP contribution is -2.51. The summed E-state index contributed by atoms with van der Waals surface area (Å²) in [6.45, 7) is 0.0752. The molecule has 1 atom stereocenters. The van der Waals surface area contributed by atoms with Gasteiger partial charge in [-0.2, -0.15) is 0 Å². The summed E-state index contributed by atoms with van der Waals surface area (Å²) in [6, 6.07) is 14.6. The van der Waals surface area contributed by atoms with Gasteiger partial charge >= 0.3 is 6.03 Å². The average molecular weight is 425 g/mol. The van der Waals surface area contributed by atoms with Crippen molar-refractivity contribution in [3.63, 3.8) is 0 Å². The number of carbonyl (C=O) groups excluding carboxylic acids is 3. The molecule has 162 valence electrons. The first-order valence-corrected chi connectivity index (χ1v) is 10.3. The van der Waals surface area contributed by atoms with Gasteiger partial charge in [0.2, 0.25) is 5.91 Å². The molecule has 1 saturated heterocycles. The maximum Gasteiger partial charge on any atom is 0.322 e. The lowest BCUT2D eigenvalue weighted by atomic mass is 9.76. The first-order valence-electron chi connectivity index (χ1n) is 10.3. The minimum absolute atomic E-state index is 0.0752. The minimum Gasteiger partial charge on any atom is -0.488 e. The standard InChI is InChI=1S/C23H24FN3O4/c24-17-8-4-5-9-19(17)31-14-18(15-6-2-1-3-7-15)25-20(28)16-10-12-23(13-11-16)21(29)26-22(30)27-23/h1-9,16,18H,10-14H2,(H,25,28)(H2,26,27,29,30). The predicted molar refractivity (Wildman–Crippen MR) is 111 cm³/mol. The van der Waals surface area contributed by atoms with Gasteiger partial charge < -0.3 is 15.4 Å². The molecule has 0 bridgehead atoms. The number of hydrogen-bond donors (Lipinski definition) is 3. The molecule has 31 heavy (non-hydrogen) atoms. The minimum atomic E-state index is -0.902. The molecule has 1 saturated carbocycles. The number of halogens is 1. The zero-order valence-corrected chi connectivity index (χ0v) is 16.9. The van der Waals surface area contributed by atoms with Crippen LogP contribution in [0.25, 0.3) is 0 Å². The van der Waals surface area contributed by atoms with Crippen molar-refractivity contribution in [1.29, 1.82) is 0 Å². The molecule has 4 rings (SSSR count). The Kier molecular flexibility index (Phi) is 5.88. The van der Waals surface area contributed by atoms with Gasteiger partial charge in [0, 0.05) is 5.92 Å². The van der Waals surface area contributed by atoms with Gasteiger partial charge in [-0.1, -0.05) is 42.5 Å². The van der Waals surface area contributed by atoms with E-state index < -0.39 is 23.4 Å². The van der Waals surface area contributed by atoms with E-state index in [1.165, 1.54) is 6.07 Å². The van der Waals surface area contributed by atoms with Crippen LogP contribution in [0.3, 0.4) is 0 Å². The number of carbonyl (C=O) groups is 3. The third-order valence-electron chi connectivity index (χ3n) is 5.99. The summed E-state index contributed by atoms with van der Waals surface area (Å²) < 4.78 is 19.6. The summed E-state index contributed by atoms with van der Waals surface area (Å²) in [7, 11) is 0. The zero-order valence-electron chi connectivity index (χ0n) is 16.9. The highest BCUT2D eigenvalue weighted by molar-refractivity contribution is 6.07. The van der Waals surface area contributed by atoms with Gasteiger partial charge in [-0.3, -0.25) is 14.9 Å². The van der Waals surface area contributed by atoms with E-state index in [1.54, 1.807) is 18.2 Å². The lowest BCUT2D eigenvalue weighted by Gasteiger charge is -2.34. The van der Waals surface area contributed by atoms with Gasteiger partial charge in [0.05, 0.1) is 6.04 Å². The molecule has 0 aromatic heterocycles. The zero-order chi connectivity index (χ0) is 21.8. The van der Waals surface area contributed by atoms with E-state index in [9.17, 15) is 18.8 Å². The summed E-state index contributed by atoms with van der Waals surface area (Å²) in [5, 5.41) is 7.99. The third-order valence-corrected chi connectivity index (χ3v) is 5.99. The fourth-order valence-electron chi connectivity index (χ4n) is 4.18. The molecule has 2 aromatic carbocycles. The van der Waals surface area contributed by atoms with Gasteiger partial charge in [-0.05, 0) is 43.4 Å². The van der Waals surface area contributed by atoms with Crippen LogP contribution in [0, 0.1) is 11.7 Å². The van der Waals surface area contributed by atoms with Gasteiger partial charge in [0.1, 0.15) is 12.1 Å². The number of nitrogens with one attached hydrogen (secondary N) is 3. The molecule has 1 spiro atoms. The van der Waals surface area contributed by atoms with Crippen molar-refractivity contribution in [2.24, 2.45) is 5.92 Å². The molecular weight excluding hydrogens is 401 g/mol. The predicted octanol–water partition coefficient (Wildman–Crippen LogP) is 2.83. The Hall–Kier alpha value is -3.42. The summed E-state index contributed by atoms with van der Waals surface area (Å²) in [6.07, 6.45) is 1.78. The number of benzene rings is 2. The topological polar surface area (TPSA) is 96.5 Å². The third kappa shape index (κ3) is 4.52. The van der Waals surface area contributed by atoms with Crippen molar-refractivity contribution in [2.75, 3.05) is 6.61 Å². The van der Waals surface area contributed by atoms with E-state index in [2.05, 4.69) is 16.0 Å². The quantitative estimate of drug-likeness (QED) is 0.620. The number of amides is 4. The number of rotatable bonds is 6. The van der Waals surface area contributed by atoms with E-state index in [-0.39, 0.29) is 30.1 Å². The summed E-state index contributed by atoms with van der Waals surface area (Å²) >= 11 is 0. The number of imide groups is 1. The number of hydrogen-bond acceptors (Lipinski definition) is 4. The highest BCUT2D eigenvalue weighted by Crippen LogP contribution is 2.34. The normalized spacial score (nSPS) is 23.7. The second kappa shape index (κ2) is 8.75. The van der Waals surface area contributed by atoms with Crippen molar-refractivity contribution >= 4 is 17.8 Å². The maximum atomic E-state index is 13.9. The largest absolute Gasteiger partial charge is 0.488 e. The molecule has 1 aliphatic heterocycles. The van der Waals surface area contributed by atoms with Crippen LogP contribution in [0.1, 0.15) is 37.3 Å². The number of ether oxygens (including phenoxy) is 1. The molecule has 1 aliphatic carbocycles. The molecule has 8 heteroatoms. The van der Waals surface area contributed by atoms with Crippen molar-refractivity contribution in [1.82, 2.24) is 16.0 Å². The Morgan fingerprint density at radius 2 is 1.77 bits per heavy atom. The Morgan fingerprint density at radius 1 is 1.10 bits per heavy atom. The molecule has 4 amide bonds. The molecule has 0 radical (unpaired) electrons. The van der Waals surface area contributed by atoms with Crippen LogP contribution in [-0.4, -0.2) is 30.0 Å². The molecule has 2 aromatic rings. The van der Waals surface area contributed by atoms with Crippen LogP contribution in [0.2, 0.25) is 0 Å². The summed E-state index contributed by atoms with van der Waals surface area (Å²) in [4.78, 5) is 36.6. The SMILES string of the molecule is O=C1NC(=O)C2(CCC(C(=O)NC(COc3ccccc3F)c3ccccc3)CC2)N1. The van der Waals surface area contributed by atoms with Crippen molar-refractivity contribution in [2.45, 2.75) is 37.3 Å². The fourth-order valence-corrected chi connectivity index (χ4v) is 4.18. The van der Waals surface area contributed by atoms with Gasteiger partial charge in [0.25, 0.3) is 5.91 Å². The van der Waals surface area contributed by atoms with Gasteiger partial charge in [-0.25, -0.2) is 9.18 Å². The Bertz CT molecular complexity index is 974.